The van der Waals surface area contributed by atoms with Crippen molar-refractivity contribution in [2.75, 3.05) is 12.3 Å². The highest BCUT2D eigenvalue weighted by atomic mass is 32.1. The molecular formula is C8H18N4O4S. The molecule has 0 aromatic heterocycles. The minimum Gasteiger partial charge on any atom is -0.481 e. The van der Waals surface area contributed by atoms with E-state index in [1.54, 1.807) is 0 Å². The van der Waals surface area contributed by atoms with Crippen LogP contribution in [-0.4, -0.2) is 46.5 Å². The minimum atomic E-state index is -1.00. The predicted molar refractivity (Wildman–Crippen MR) is 67.0 cm³/mol. The van der Waals surface area contributed by atoms with Crippen LogP contribution in [0.2, 0.25) is 0 Å². The normalized spacial score (nSPS) is 10.7. The zero-order valence-corrected chi connectivity index (χ0v) is 10.1. The Bertz CT molecular complexity index is 268. The standard InChI is InChI=1S/C6H14N4O2.C2H4O2S/c7-4(5(11)12)2-1-3-10-6(8)9;3-2(4)1-5/h4H,1-3,7H2,(H,11,12)(H4,8,9,10);5H,1H2,(H,3,4)/t4-;/m0./s1. The third kappa shape index (κ3) is 17.2. The van der Waals surface area contributed by atoms with Crippen molar-refractivity contribution < 1.29 is 19.8 Å². The van der Waals surface area contributed by atoms with Crippen LogP contribution in [0.15, 0.2) is 4.99 Å². The Kier molecular flexibility index (Phi) is 11.6. The Labute approximate surface area is 104 Å². The topological polar surface area (TPSA) is 165 Å². The third-order valence-electron chi connectivity index (χ3n) is 1.42. The summed E-state index contributed by atoms with van der Waals surface area (Å²) >= 11 is 3.42. The third-order valence-corrected chi connectivity index (χ3v) is 1.69. The lowest BCUT2D eigenvalue weighted by Gasteiger charge is -2.03. The van der Waals surface area contributed by atoms with Crippen LogP contribution in [0.4, 0.5) is 0 Å². The number of nitrogens with two attached hydrogens (primary N) is 3. The van der Waals surface area contributed by atoms with Crippen LogP contribution < -0.4 is 17.2 Å². The van der Waals surface area contributed by atoms with Gasteiger partial charge in [0, 0.05) is 6.54 Å². The van der Waals surface area contributed by atoms with Crippen LogP contribution >= 0.6 is 12.6 Å². The van der Waals surface area contributed by atoms with Gasteiger partial charge in [0.15, 0.2) is 5.96 Å². The number of aliphatic carboxylic acids is 2. The second-order valence-electron chi connectivity index (χ2n) is 2.95. The number of nitrogens with zero attached hydrogens (tertiary/aromatic N) is 1. The van der Waals surface area contributed by atoms with Gasteiger partial charge in [-0.2, -0.15) is 12.6 Å². The van der Waals surface area contributed by atoms with Crippen molar-refractivity contribution in [3.05, 3.63) is 0 Å². The molecule has 0 bridgehead atoms. The molecule has 0 saturated carbocycles. The van der Waals surface area contributed by atoms with Crippen LogP contribution in [0, 0.1) is 0 Å². The molecule has 8 N–H and O–H groups in total. The van der Waals surface area contributed by atoms with Crippen LogP contribution in [0.3, 0.4) is 0 Å². The van der Waals surface area contributed by atoms with Crippen molar-refractivity contribution in [1.82, 2.24) is 0 Å². The molecule has 0 aliphatic carbocycles. The maximum Gasteiger partial charge on any atom is 0.320 e. The molecule has 0 radical (unpaired) electrons. The van der Waals surface area contributed by atoms with Crippen molar-refractivity contribution in [2.24, 2.45) is 22.2 Å². The summed E-state index contributed by atoms with van der Waals surface area (Å²) in [5.74, 6) is -1.95. The Morgan fingerprint density at radius 1 is 1.29 bits per heavy atom. The fraction of sp³-hybridized carbons (Fsp3) is 0.625. The van der Waals surface area contributed by atoms with E-state index in [4.69, 9.17) is 27.4 Å². The fourth-order valence-corrected chi connectivity index (χ4v) is 0.643. The number of hydrogen-bond acceptors (Lipinski definition) is 5. The monoisotopic (exact) mass is 266 g/mol. The summed E-state index contributed by atoms with van der Waals surface area (Å²) in [4.78, 5) is 23.2. The molecule has 0 fully saturated rings. The second-order valence-corrected chi connectivity index (χ2v) is 3.26. The number of guanidine groups is 1. The average Bonchev–Trinajstić information content (AvgIpc) is 2.24. The summed E-state index contributed by atoms with van der Waals surface area (Å²) in [5, 5.41) is 16.0. The quantitative estimate of drug-likeness (QED) is 0.146. The number of carbonyl (C=O) groups is 2. The maximum absolute atomic E-state index is 10.2. The molecule has 0 aliphatic heterocycles. The summed E-state index contributed by atoms with van der Waals surface area (Å²) in [6.45, 7) is 0.420. The first kappa shape index (κ1) is 17.9. The number of thiol groups is 1. The smallest absolute Gasteiger partial charge is 0.320 e. The van der Waals surface area contributed by atoms with Crippen LogP contribution in [0.25, 0.3) is 0 Å². The first-order valence-corrected chi connectivity index (χ1v) is 5.31. The highest BCUT2D eigenvalue weighted by Gasteiger charge is 2.09. The largest absolute Gasteiger partial charge is 0.481 e. The second kappa shape index (κ2) is 11.0. The van der Waals surface area contributed by atoms with Crippen LogP contribution in [0.5, 0.6) is 0 Å². The molecule has 0 heterocycles. The van der Waals surface area contributed by atoms with E-state index in [1.807, 2.05) is 0 Å². The first-order valence-electron chi connectivity index (χ1n) is 4.67. The molecule has 0 aromatic rings. The molecule has 0 amide bonds. The van der Waals surface area contributed by atoms with E-state index in [2.05, 4.69) is 17.6 Å². The zero-order valence-electron chi connectivity index (χ0n) is 9.24. The lowest BCUT2D eigenvalue weighted by Crippen LogP contribution is -2.30. The molecule has 9 heteroatoms. The number of carboxylic acid groups (broad SMARTS) is 2. The molecular weight excluding hydrogens is 248 g/mol. The molecule has 0 unspecified atom stereocenters. The predicted octanol–water partition coefficient (Wildman–Crippen LogP) is -1.55. The molecule has 1 atom stereocenters. The van der Waals surface area contributed by atoms with E-state index in [0.29, 0.717) is 19.4 Å². The fourth-order valence-electron chi connectivity index (χ4n) is 0.643. The van der Waals surface area contributed by atoms with Gasteiger partial charge in [0.25, 0.3) is 0 Å². The maximum atomic E-state index is 10.2. The van der Waals surface area contributed by atoms with E-state index in [-0.39, 0.29) is 11.7 Å². The first-order chi connectivity index (χ1) is 7.81. The van der Waals surface area contributed by atoms with Crippen molar-refractivity contribution >= 4 is 30.5 Å². The van der Waals surface area contributed by atoms with E-state index in [0.717, 1.165) is 0 Å². The minimum absolute atomic E-state index is 0.0129. The molecule has 100 valence electrons. The molecule has 0 aromatic carbocycles. The van der Waals surface area contributed by atoms with Crippen molar-refractivity contribution in [1.29, 1.82) is 0 Å². The van der Waals surface area contributed by atoms with Gasteiger partial charge in [-0.05, 0) is 12.8 Å². The lowest BCUT2D eigenvalue weighted by atomic mass is 10.2. The van der Waals surface area contributed by atoms with Gasteiger partial charge < -0.3 is 27.4 Å². The lowest BCUT2D eigenvalue weighted by molar-refractivity contribution is -0.138. The van der Waals surface area contributed by atoms with Gasteiger partial charge >= 0.3 is 11.9 Å². The molecule has 0 rings (SSSR count). The van der Waals surface area contributed by atoms with Gasteiger partial charge in [-0.3, -0.25) is 14.6 Å². The highest BCUT2D eigenvalue weighted by Crippen LogP contribution is 1.94. The van der Waals surface area contributed by atoms with E-state index < -0.39 is 18.0 Å². The molecule has 8 nitrogen and oxygen atoms in total. The van der Waals surface area contributed by atoms with Crippen molar-refractivity contribution in [2.45, 2.75) is 18.9 Å². The summed E-state index contributed by atoms with van der Waals surface area (Å²) in [6, 6.07) is -0.820. The zero-order chi connectivity index (χ0) is 13.8. The van der Waals surface area contributed by atoms with E-state index in [9.17, 15) is 9.59 Å². The van der Waals surface area contributed by atoms with Gasteiger partial charge in [0.05, 0.1) is 5.75 Å². The van der Waals surface area contributed by atoms with Gasteiger partial charge in [0.2, 0.25) is 0 Å². The van der Waals surface area contributed by atoms with Gasteiger partial charge in [-0.15, -0.1) is 0 Å². The van der Waals surface area contributed by atoms with E-state index in [1.165, 1.54) is 0 Å². The van der Waals surface area contributed by atoms with Crippen molar-refractivity contribution in [3.63, 3.8) is 0 Å². The number of aliphatic imine (C=N–C) groups is 1. The summed E-state index contributed by atoms with van der Waals surface area (Å²) in [5.41, 5.74) is 15.3. The Morgan fingerprint density at radius 2 is 1.76 bits per heavy atom. The Balaban J connectivity index is 0. The van der Waals surface area contributed by atoms with Crippen LogP contribution in [-0.2, 0) is 9.59 Å². The molecule has 0 spiro atoms. The van der Waals surface area contributed by atoms with E-state index >= 15 is 0 Å². The van der Waals surface area contributed by atoms with Gasteiger partial charge in [-0.25, -0.2) is 0 Å². The highest BCUT2D eigenvalue weighted by molar-refractivity contribution is 7.81. The SMILES string of the molecule is NC(N)=NCCC[C@H](N)C(=O)O.O=C(O)CS. The molecule has 17 heavy (non-hydrogen) atoms. The molecule has 0 aliphatic rings. The summed E-state index contributed by atoms with van der Waals surface area (Å²) < 4.78 is 0. The number of hydrogen-bond donors (Lipinski definition) is 6. The number of carboxylic acids is 2. The molecule has 0 saturated heterocycles. The van der Waals surface area contributed by atoms with Crippen molar-refractivity contribution in [3.8, 4) is 0 Å². The summed E-state index contributed by atoms with van der Waals surface area (Å²) in [7, 11) is 0. The average molecular weight is 266 g/mol. The Morgan fingerprint density at radius 3 is 2.06 bits per heavy atom. The Hall–Kier alpha value is -1.48. The summed E-state index contributed by atoms with van der Waals surface area (Å²) in [6.07, 6.45) is 0.956. The van der Waals surface area contributed by atoms with Gasteiger partial charge in [0.1, 0.15) is 6.04 Å². The number of rotatable bonds is 6. The van der Waals surface area contributed by atoms with Gasteiger partial charge in [-0.1, -0.05) is 0 Å². The van der Waals surface area contributed by atoms with Crippen LogP contribution in [0.1, 0.15) is 12.8 Å².